The number of benzene rings is 4. The summed E-state index contributed by atoms with van der Waals surface area (Å²) in [6.45, 7) is 1.94. The maximum absolute atomic E-state index is 15.0. The summed E-state index contributed by atoms with van der Waals surface area (Å²) >= 11 is 0. The van der Waals surface area contributed by atoms with E-state index in [1.54, 1.807) is 48.5 Å². The molecule has 4 aromatic carbocycles. The number of phenolic OH excluding ortho intramolecular Hbond substituents is 1. The smallest absolute Gasteiger partial charge is 0.167 e. The first-order valence-electron chi connectivity index (χ1n) is 11.3. The molecule has 3 nitrogen and oxygen atoms in total. The molecule has 0 saturated carbocycles. The van der Waals surface area contributed by atoms with Crippen molar-refractivity contribution in [2.75, 3.05) is 0 Å². The summed E-state index contributed by atoms with van der Waals surface area (Å²) < 4.78 is 49.3. The number of phenols is 1. The highest BCUT2D eigenvalue weighted by molar-refractivity contribution is 5.72. The minimum absolute atomic E-state index is 0.0442. The molecule has 0 spiro atoms. The number of rotatable bonds is 8. The van der Waals surface area contributed by atoms with E-state index in [0.717, 1.165) is 18.1 Å². The minimum atomic E-state index is -0.961. The number of aliphatic hydroxyl groups is 1. The van der Waals surface area contributed by atoms with Gasteiger partial charge in [-0.15, -0.1) is 0 Å². The van der Waals surface area contributed by atoms with Gasteiger partial charge in [0.2, 0.25) is 0 Å². The molecule has 0 radical (unpaired) electrons. The molecule has 1 unspecified atom stereocenters. The van der Waals surface area contributed by atoms with Crippen LogP contribution in [0.5, 0.6) is 11.5 Å². The third-order valence-electron chi connectivity index (χ3n) is 5.85. The quantitative estimate of drug-likeness (QED) is 0.275. The zero-order valence-electron chi connectivity index (χ0n) is 19.1. The van der Waals surface area contributed by atoms with Gasteiger partial charge in [-0.25, -0.2) is 13.2 Å². The van der Waals surface area contributed by atoms with Crippen LogP contribution in [0.1, 0.15) is 37.0 Å². The van der Waals surface area contributed by atoms with E-state index < -0.39 is 23.6 Å². The summed E-state index contributed by atoms with van der Waals surface area (Å²) in [5, 5.41) is 19.4. The monoisotopic (exact) mass is 478 g/mol. The van der Waals surface area contributed by atoms with Gasteiger partial charge in [-0.3, -0.25) is 0 Å². The van der Waals surface area contributed by atoms with Crippen molar-refractivity contribution in [3.8, 4) is 33.8 Å². The fourth-order valence-corrected chi connectivity index (χ4v) is 3.87. The first kappa shape index (κ1) is 24.4. The van der Waals surface area contributed by atoms with Crippen LogP contribution in [0.15, 0.2) is 78.9 Å². The van der Waals surface area contributed by atoms with Gasteiger partial charge < -0.3 is 14.9 Å². The predicted molar refractivity (Wildman–Crippen MR) is 129 cm³/mol. The molecule has 180 valence electrons. The second-order valence-electron chi connectivity index (χ2n) is 8.30. The Morgan fingerprint density at radius 3 is 1.89 bits per heavy atom. The zero-order chi connectivity index (χ0) is 24.9. The van der Waals surface area contributed by atoms with Crippen molar-refractivity contribution >= 4 is 0 Å². The SMILES string of the molecule is CCCC(O)c1ccc(-c2ccc(-c3ccc(OCc4ccc(O)cc4F)cc3)c(F)c2F)cc1. The molecule has 0 aliphatic rings. The van der Waals surface area contributed by atoms with Crippen molar-refractivity contribution in [3.05, 3.63) is 107 Å². The lowest BCUT2D eigenvalue weighted by molar-refractivity contribution is 0.166. The first-order valence-corrected chi connectivity index (χ1v) is 11.3. The van der Waals surface area contributed by atoms with Crippen LogP contribution in [0, 0.1) is 17.5 Å². The molecule has 35 heavy (non-hydrogen) atoms. The fourth-order valence-electron chi connectivity index (χ4n) is 3.87. The van der Waals surface area contributed by atoms with Gasteiger partial charge in [-0.05, 0) is 47.4 Å². The number of aromatic hydroxyl groups is 1. The summed E-state index contributed by atoms with van der Waals surface area (Å²) in [6.07, 6.45) is 0.896. The molecule has 0 aliphatic carbocycles. The van der Waals surface area contributed by atoms with Crippen LogP contribution < -0.4 is 4.74 Å². The van der Waals surface area contributed by atoms with E-state index in [2.05, 4.69) is 0 Å². The molecule has 0 aliphatic heterocycles. The third-order valence-corrected chi connectivity index (χ3v) is 5.85. The number of halogens is 3. The maximum atomic E-state index is 15.0. The Balaban J connectivity index is 1.50. The van der Waals surface area contributed by atoms with Crippen LogP contribution in [0.4, 0.5) is 13.2 Å². The molecule has 0 bridgehead atoms. The lowest BCUT2D eigenvalue weighted by atomic mass is 9.97. The Labute approximate surface area is 202 Å². The average Bonchev–Trinajstić information content (AvgIpc) is 2.86. The van der Waals surface area contributed by atoms with Crippen molar-refractivity contribution in [3.63, 3.8) is 0 Å². The van der Waals surface area contributed by atoms with Gasteiger partial charge in [0.25, 0.3) is 0 Å². The average molecular weight is 479 g/mol. The fraction of sp³-hybridized carbons (Fsp3) is 0.172. The van der Waals surface area contributed by atoms with Gasteiger partial charge in [-0.1, -0.05) is 61.9 Å². The molecule has 0 heterocycles. The van der Waals surface area contributed by atoms with E-state index in [4.69, 9.17) is 4.74 Å². The van der Waals surface area contributed by atoms with E-state index in [1.165, 1.54) is 24.3 Å². The summed E-state index contributed by atoms with van der Waals surface area (Å²) in [6, 6.07) is 20.1. The van der Waals surface area contributed by atoms with Gasteiger partial charge in [-0.2, -0.15) is 0 Å². The number of hydrogen-bond acceptors (Lipinski definition) is 3. The van der Waals surface area contributed by atoms with Crippen LogP contribution >= 0.6 is 0 Å². The van der Waals surface area contributed by atoms with E-state index in [1.807, 2.05) is 6.92 Å². The molecule has 2 N–H and O–H groups in total. The van der Waals surface area contributed by atoms with E-state index in [9.17, 15) is 23.4 Å². The van der Waals surface area contributed by atoms with Gasteiger partial charge in [0.15, 0.2) is 11.6 Å². The number of ether oxygens (including phenoxy) is 1. The minimum Gasteiger partial charge on any atom is -0.508 e. The van der Waals surface area contributed by atoms with Crippen LogP contribution in [-0.4, -0.2) is 10.2 Å². The van der Waals surface area contributed by atoms with Crippen LogP contribution in [-0.2, 0) is 6.61 Å². The topological polar surface area (TPSA) is 49.7 Å². The lowest BCUT2D eigenvalue weighted by Crippen LogP contribution is -1.98. The Bertz CT molecular complexity index is 1300. The van der Waals surface area contributed by atoms with Crippen molar-refractivity contribution in [1.29, 1.82) is 0 Å². The van der Waals surface area contributed by atoms with Crippen LogP contribution in [0.25, 0.3) is 22.3 Å². The molecule has 6 heteroatoms. The molecule has 0 amide bonds. The van der Waals surface area contributed by atoms with E-state index in [0.29, 0.717) is 23.3 Å². The van der Waals surface area contributed by atoms with Gasteiger partial charge in [0.05, 0.1) is 6.10 Å². The molecular weight excluding hydrogens is 453 g/mol. The third kappa shape index (κ3) is 5.49. The van der Waals surface area contributed by atoms with Crippen molar-refractivity contribution in [1.82, 2.24) is 0 Å². The Morgan fingerprint density at radius 2 is 1.34 bits per heavy atom. The largest absolute Gasteiger partial charge is 0.508 e. The van der Waals surface area contributed by atoms with Gasteiger partial charge >= 0.3 is 0 Å². The Hall–Kier alpha value is -3.77. The zero-order valence-corrected chi connectivity index (χ0v) is 19.1. The highest BCUT2D eigenvalue weighted by Crippen LogP contribution is 2.33. The molecule has 4 aromatic rings. The summed E-state index contributed by atoms with van der Waals surface area (Å²) in [5.74, 6) is -2.22. The second kappa shape index (κ2) is 10.7. The summed E-state index contributed by atoms with van der Waals surface area (Å²) in [5.41, 5.74) is 2.25. The molecule has 1 atom stereocenters. The van der Waals surface area contributed by atoms with Gasteiger partial charge in [0, 0.05) is 22.8 Å². The molecule has 0 fully saturated rings. The van der Waals surface area contributed by atoms with Crippen LogP contribution in [0.2, 0.25) is 0 Å². The molecule has 0 aromatic heterocycles. The number of hydrogen-bond donors (Lipinski definition) is 2. The molecule has 4 rings (SSSR count). The first-order chi connectivity index (χ1) is 16.9. The van der Waals surface area contributed by atoms with Crippen molar-refractivity contribution in [2.45, 2.75) is 32.5 Å². The Morgan fingerprint density at radius 1 is 0.771 bits per heavy atom. The molecular formula is C29H25F3O3. The standard InChI is InChI=1S/C29H25F3O3/c1-2-3-27(34)20-6-4-18(5-7-20)24-14-15-25(29(32)28(24)31)19-9-12-23(13-10-19)35-17-21-8-11-22(33)16-26(21)30/h4-16,27,33-34H,2-3,17H2,1H3. The van der Waals surface area contributed by atoms with Crippen molar-refractivity contribution < 1.29 is 28.1 Å². The molecule has 0 saturated heterocycles. The van der Waals surface area contributed by atoms with E-state index in [-0.39, 0.29) is 29.0 Å². The summed E-state index contributed by atoms with van der Waals surface area (Å²) in [7, 11) is 0. The lowest BCUT2D eigenvalue weighted by Gasteiger charge is -2.12. The van der Waals surface area contributed by atoms with E-state index >= 15 is 0 Å². The normalized spacial score (nSPS) is 11.9. The maximum Gasteiger partial charge on any atom is 0.167 e. The van der Waals surface area contributed by atoms with Crippen molar-refractivity contribution in [2.24, 2.45) is 0 Å². The highest BCUT2D eigenvalue weighted by Gasteiger charge is 2.17. The highest BCUT2D eigenvalue weighted by atomic mass is 19.2. The second-order valence-corrected chi connectivity index (χ2v) is 8.30. The van der Waals surface area contributed by atoms with Crippen LogP contribution in [0.3, 0.4) is 0 Å². The number of aliphatic hydroxyl groups excluding tert-OH is 1. The summed E-state index contributed by atoms with van der Waals surface area (Å²) in [4.78, 5) is 0. The Kier molecular flexibility index (Phi) is 7.42. The predicted octanol–water partition coefficient (Wildman–Crippen LogP) is 7.56. The van der Waals surface area contributed by atoms with Gasteiger partial charge in [0.1, 0.15) is 23.9 Å².